The molecule has 0 saturated heterocycles. The van der Waals surface area contributed by atoms with E-state index in [1.807, 2.05) is 24.3 Å². The molecular weight excluding hydrogens is 288 g/mol. The Labute approximate surface area is 126 Å². The molecule has 2 aromatic heterocycles. The second-order valence-corrected chi connectivity index (χ2v) is 5.15. The topological polar surface area (TPSA) is 55.1 Å². The van der Waals surface area contributed by atoms with Crippen molar-refractivity contribution < 1.29 is 5.11 Å². The number of hydrogen-bond acceptors (Lipinski definition) is 3. The molecule has 1 aliphatic rings. The van der Waals surface area contributed by atoms with Gasteiger partial charge in [-0.15, -0.1) is 0 Å². The van der Waals surface area contributed by atoms with Crippen molar-refractivity contribution in [1.82, 2.24) is 9.55 Å². The second kappa shape index (κ2) is 5.58. The van der Waals surface area contributed by atoms with Gasteiger partial charge < -0.3 is 5.11 Å². The van der Waals surface area contributed by atoms with Crippen LogP contribution in [0, 0.1) is 0 Å². The van der Waals surface area contributed by atoms with E-state index >= 15 is 0 Å². The highest BCUT2D eigenvalue weighted by atomic mass is 35.5. The lowest BCUT2D eigenvalue weighted by atomic mass is 9.93. The Morgan fingerprint density at radius 3 is 2.95 bits per heavy atom. The maximum absolute atomic E-state index is 11.4. The van der Waals surface area contributed by atoms with Gasteiger partial charge in [-0.25, -0.2) is 4.98 Å². The van der Waals surface area contributed by atoms with Crippen LogP contribution in [0.15, 0.2) is 59.7 Å². The van der Waals surface area contributed by atoms with Crippen molar-refractivity contribution in [3.8, 4) is 11.6 Å². The van der Waals surface area contributed by atoms with E-state index in [4.69, 9.17) is 11.6 Å². The fraction of sp³-hybridized carbons (Fsp3) is 0.125. The van der Waals surface area contributed by atoms with Crippen molar-refractivity contribution in [1.29, 1.82) is 0 Å². The lowest BCUT2D eigenvalue weighted by Crippen LogP contribution is -2.08. The predicted molar refractivity (Wildman–Crippen MR) is 82.1 cm³/mol. The molecule has 1 unspecified atom stereocenters. The standard InChI is InChI=1S/C16H13ClN2O2/c17-16-15(21)13(20)7-9-19(16)14-10-12(6-8-18-14)11-4-2-1-3-5-11/h1-4,6-11,21H,5H2. The first kappa shape index (κ1) is 13.6. The Kier molecular flexibility index (Phi) is 3.62. The molecule has 0 spiro atoms. The molecule has 0 bridgehead atoms. The molecule has 4 nitrogen and oxygen atoms in total. The van der Waals surface area contributed by atoms with Crippen LogP contribution < -0.4 is 5.43 Å². The minimum Gasteiger partial charge on any atom is -0.502 e. The summed E-state index contributed by atoms with van der Waals surface area (Å²) < 4.78 is 1.49. The summed E-state index contributed by atoms with van der Waals surface area (Å²) in [4.78, 5) is 15.6. The highest BCUT2D eigenvalue weighted by Gasteiger charge is 2.13. The zero-order chi connectivity index (χ0) is 14.8. The molecule has 0 radical (unpaired) electrons. The SMILES string of the molecule is O=c1ccn(-c2cc(C3C=CC=CC3)ccn2)c(Cl)c1O. The van der Waals surface area contributed by atoms with Crippen molar-refractivity contribution in [2.45, 2.75) is 12.3 Å². The molecule has 106 valence electrons. The molecule has 1 aliphatic carbocycles. The van der Waals surface area contributed by atoms with Gasteiger partial charge in [-0.2, -0.15) is 0 Å². The first-order chi connectivity index (χ1) is 10.2. The van der Waals surface area contributed by atoms with E-state index in [2.05, 4.69) is 17.1 Å². The number of nitrogens with zero attached hydrogens (tertiary/aromatic N) is 2. The van der Waals surface area contributed by atoms with Crippen LogP contribution in [0.5, 0.6) is 5.75 Å². The average Bonchev–Trinajstić information content (AvgIpc) is 2.54. The van der Waals surface area contributed by atoms with Gasteiger partial charge in [-0.1, -0.05) is 35.9 Å². The molecule has 2 aromatic rings. The van der Waals surface area contributed by atoms with Crippen molar-refractivity contribution in [3.05, 3.63) is 75.8 Å². The number of halogens is 1. The van der Waals surface area contributed by atoms with E-state index in [-0.39, 0.29) is 5.15 Å². The third kappa shape index (κ3) is 2.62. The Morgan fingerprint density at radius 2 is 2.19 bits per heavy atom. The number of aromatic hydroxyl groups is 1. The van der Waals surface area contributed by atoms with E-state index in [1.54, 1.807) is 6.20 Å². The van der Waals surface area contributed by atoms with Gasteiger partial charge in [0.25, 0.3) is 0 Å². The average molecular weight is 301 g/mol. The first-order valence-corrected chi connectivity index (χ1v) is 6.94. The van der Waals surface area contributed by atoms with E-state index < -0.39 is 11.2 Å². The number of hydrogen-bond donors (Lipinski definition) is 1. The van der Waals surface area contributed by atoms with Crippen LogP contribution in [0.25, 0.3) is 5.82 Å². The van der Waals surface area contributed by atoms with Gasteiger partial charge in [-0.3, -0.25) is 9.36 Å². The molecule has 1 N–H and O–H groups in total. The monoisotopic (exact) mass is 300 g/mol. The molecule has 21 heavy (non-hydrogen) atoms. The highest BCUT2D eigenvalue weighted by Crippen LogP contribution is 2.27. The van der Waals surface area contributed by atoms with Crippen LogP contribution in [0.4, 0.5) is 0 Å². The Morgan fingerprint density at radius 1 is 1.33 bits per heavy atom. The van der Waals surface area contributed by atoms with Gasteiger partial charge in [0.2, 0.25) is 5.43 Å². The molecule has 3 rings (SSSR count). The van der Waals surface area contributed by atoms with Gasteiger partial charge in [0.15, 0.2) is 10.9 Å². The molecule has 0 saturated carbocycles. The Hall–Kier alpha value is -2.33. The van der Waals surface area contributed by atoms with Crippen LogP contribution in [0.3, 0.4) is 0 Å². The molecule has 1 atom stereocenters. The van der Waals surface area contributed by atoms with Crippen molar-refractivity contribution in [3.63, 3.8) is 0 Å². The maximum Gasteiger partial charge on any atom is 0.224 e. The van der Waals surface area contributed by atoms with Crippen molar-refractivity contribution in [2.75, 3.05) is 0 Å². The van der Waals surface area contributed by atoms with Crippen LogP contribution in [-0.4, -0.2) is 14.7 Å². The summed E-state index contributed by atoms with van der Waals surface area (Å²) in [5.74, 6) is 0.395. The lowest BCUT2D eigenvalue weighted by molar-refractivity contribution is 0.465. The van der Waals surface area contributed by atoms with Gasteiger partial charge in [-0.05, 0) is 24.1 Å². The molecule has 2 heterocycles. The molecule has 5 heteroatoms. The minimum absolute atomic E-state index is 0.0359. The summed E-state index contributed by atoms with van der Waals surface area (Å²) in [6.07, 6.45) is 12.4. The van der Waals surface area contributed by atoms with Crippen LogP contribution in [-0.2, 0) is 0 Å². The van der Waals surface area contributed by atoms with Crippen LogP contribution in [0.2, 0.25) is 5.15 Å². The molecule has 0 amide bonds. The van der Waals surface area contributed by atoms with Gasteiger partial charge in [0.1, 0.15) is 5.82 Å². The van der Waals surface area contributed by atoms with E-state index in [9.17, 15) is 9.90 Å². The summed E-state index contributed by atoms with van der Waals surface area (Å²) in [6, 6.07) is 5.12. The quantitative estimate of drug-likeness (QED) is 0.867. The normalized spacial score (nSPS) is 17.1. The summed E-state index contributed by atoms with van der Waals surface area (Å²) in [7, 11) is 0. The molecule has 0 aromatic carbocycles. The number of rotatable bonds is 2. The van der Waals surface area contributed by atoms with E-state index in [0.29, 0.717) is 11.7 Å². The van der Waals surface area contributed by atoms with Crippen molar-refractivity contribution in [2.24, 2.45) is 0 Å². The summed E-state index contributed by atoms with van der Waals surface area (Å²) >= 11 is 6.02. The second-order valence-electron chi connectivity index (χ2n) is 4.79. The number of allylic oxidation sites excluding steroid dienone is 4. The van der Waals surface area contributed by atoms with Crippen LogP contribution in [0.1, 0.15) is 17.9 Å². The summed E-state index contributed by atoms with van der Waals surface area (Å²) in [6.45, 7) is 0. The fourth-order valence-corrected chi connectivity index (χ4v) is 2.54. The minimum atomic E-state index is -0.507. The zero-order valence-electron chi connectivity index (χ0n) is 11.1. The van der Waals surface area contributed by atoms with Gasteiger partial charge >= 0.3 is 0 Å². The predicted octanol–water partition coefficient (Wildman–Crippen LogP) is 3.19. The molecule has 0 aliphatic heterocycles. The summed E-state index contributed by atoms with van der Waals surface area (Å²) in [5.41, 5.74) is 0.600. The van der Waals surface area contributed by atoms with Gasteiger partial charge in [0.05, 0.1) is 0 Å². The first-order valence-electron chi connectivity index (χ1n) is 6.56. The molecule has 0 fully saturated rings. The van der Waals surface area contributed by atoms with E-state index in [0.717, 1.165) is 12.0 Å². The summed E-state index contributed by atoms with van der Waals surface area (Å²) in [5, 5.41) is 9.62. The van der Waals surface area contributed by atoms with Crippen LogP contribution >= 0.6 is 11.6 Å². The number of pyridine rings is 2. The zero-order valence-corrected chi connectivity index (χ0v) is 11.9. The maximum atomic E-state index is 11.4. The molecular formula is C16H13ClN2O2. The van der Waals surface area contributed by atoms with E-state index in [1.165, 1.54) is 16.8 Å². The highest BCUT2D eigenvalue weighted by molar-refractivity contribution is 6.31. The largest absolute Gasteiger partial charge is 0.502 e. The fourth-order valence-electron chi connectivity index (χ4n) is 2.30. The smallest absolute Gasteiger partial charge is 0.224 e. The Bertz CT molecular complexity index is 793. The third-order valence-corrected chi connectivity index (χ3v) is 3.80. The number of aromatic nitrogens is 2. The Balaban J connectivity index is 2.04. The van der Waals surface area contributed by atoms with Gasteiger partial charge in [0, 0.05) is 24.4 Å². The lowest BCUT2D eigenvalue weighted by Gasteiger charge is -2.15. The van der Waals surface area contributed by atoms with Crippen molar-refractivity contribution >= 4 is 11.6 Å². The third-order valence-electron chi connectivity index (χ3n) is 3.44.